The topological polar surface area (TPSA) is 72.6 Å². The summed E-state index contributed by atoms with van der Waals surface area (Å²) in [6.07, 6.45) is 0. The number of phenolic OH excluding ortho intramolecular Hbond substituents is 1. The van der Waals surface area contributed by atoms with E-state index in [2.05, 4.69) is 0 Å². The minimum atomic E-state index is -0.516. The summed E-state index contributed by atoms with van der Waals surface area (Å²) >= 11 is 0. The summed E-state index contributed by atoms with van der Waals surface area (Å²) in [5.74, 6) is 0.531. The Bertz CT molecular complexity index is 554. The number of para-hydroxylation sites is 2. The second-order valence-corrected chi connectivity index (χ2v) is 3.32. The van der Waals surface area contributed by atoms with Crippen LogP contribution in [-0.2, 0) is 0 Å². The zero-order valence-electron chi connectivity index (χ0n) is 8.74. The fourth-order valence-electron chi connectivity index (χ4n) is 1.37. The Morgan fingerprint density at radius 2 is 1.88 bits per heavy atom. The van der Waals surface area contributed by atoms with E-state index >= 15 is 0 Å². The summed E-state index contributed by atoms with van der Waals surface area (Å²) < 4.78 is 5.35. The van der Waals surface area contributed by atoms with Gasteiger partial charge in [0, 0.05) is 12.1 Å². The summed E-state index contributed by atoms with van der Waals surface area (Å²) in [6, 6.07) is 12.2. The van der Waals surface area contributed by atoms with Gasteiger partial charge in [0.05, 0.1) is 4.92 Å². The highest BCUT2D eigenvalue weighted by Gasteiger charge is 2.14. The summed E-state index contributed by atoms with van der Waals surface area (Å²) in [6.45, 7) is 0. The first kappa shape index (κ1) is 10.9. The quantitative estimate of drug-likeness (QED) is 0.650. The minimum Gasteiger partial charge on any atom is -0.508 e. The molecule has 0 bridgehead atoms. The summed E-state index contributed by atoms with van der Waals surface area (Å²) in [7, 11) is 0. The molecule has 86 valence electrons. The first-order chi connectivity index (χ1) is 8.16. The number of phenols is 1. The van der Waals surface area contributed by atoms with Gasteiger partial charge in [-0.15, -0.1) is 0 Å². The van der Waals surface area contributed by atoms with Crippen LogP contribution in [0.3, 0.4) is 0 Å². The Balaban J connectivity index is 2.33. The Morgan fingerprint density at radius 1 is 1.12 bits per heavy atom. The van der Waals surface area contributed by atoms with E-state index in [-0.39, 0.29) is 17.2 Å². The average molecular weight is 231 g/mol. The number of hydrogen-bond donors (Lipinski definition) is 1. The highest BCUT2D eigenvalue weighted by molar-refractivity contribution is 5.48. The molecule has 0 aromatic heterocycles. The predicted molar refractivity (Wildman–Crippen MR) is 61.3 cm³/mol. The minimum absolute atomic E-state index is 0.0427. The van der Waals surface area contributed by atoms with E-state index in [1.54, 1.807) is 24.3 Å². The van der Waals surface area contributed by atoms with Crippen LogP contribution in [-0.4, -0.2) is 10.0 Å². The van der Waals surface area contributed by atoms with Crippen LogP contribution in [0.15, 0.2) is 48.5 Å². The van der Waals surface area contributed by atoms with E-state index in [1.807, 2.05) is 0 Å². The van der Waals surface area contributed by atoms with Crippen molar-refractivity contribution in [2.45, 2.75) is 0 Å². The van der Waals surface area contributed by atoms with Crippen LogP contribution in [0.25, 0.3) is 0 Å². The molecule has 2 aromatic rings. The van der Waals surface area contributed by atoms with Crippen LogP contribution in [0.2, 0.25) is 0 Å². The number of rotatable bonds is 3. The Kier molecular flexibility index (Phi) is 2.91. The van der Waals surface area contributed by atoms with Crippen molar-refractivity contribution in [2.75, 3.05) is 0 Å². The maximum absolute atomic E-state index is 10.8. The molecule has 0 radical (unpaired) electrons. The van der Waals surface area contributed by atoms with Crippen LogP contribution < -0.4 is 4.74 Å². The van der Waals surface area contributed by atoms with Crippen molar-refractivity contribution in [3.8, 4) is 17.2 Å². The molecule has 0 amide bonds. The molecule has 0 unspecified atom stereocenters. The largest absolute Gasteiger partial charge is 0.508 e. The van der Waals surface area contributed by atoms with Crippen molar-refractivity contribution in [3.63, 3.8) is 0 Å². The van der Waals surface area contributed by atoms with Gasteiger partial charge >= 0.3 is 5.69 Å². The lowest BCUT2D eigenvalue weighted by Gasteiger charge is -2.05. The van der Waals surface area contributed by atoms with Crippen LogP contribution in [0.5, 0.6) is 17.2 Å². The van der Waals surface area contributed by atoms with Crippen molar-refractivity contribution >= 4 is 5.69 Å². The van der Waals surface area contributed by atoms with Crippen molar-refractivity contribution in [1.29, 1.82) is 0 Å². The molecule has 0 aliphatic rings. The van der Waals surface area contributed by atoms with Crippen molar-refractivity contribution < 1.29 is 14.8 Å². The van der Waals surface area contributed by atoms with Crippen molar-refractivity contribution in [2.24, 2.45) is 0 Å². The average Bonchev–Trinajstić information content (AvgIpc) is 2.29. The first-order valence-corrected chi connectivity index (χ1v) is 4.87. The Hall–Kier alpha value is -2.56. The third-order valence-electron chi connectivity index (χ3n) is 2.11. The number of benzene rings is 2. The van der Waals surface area contributed by atoms with E-state index in [4.69, 9.17) is 4.74 Å². The van der Waals surface area contributed by atoms with Gasteiger partial charge in [-0.25, -0.2) is 0 Å². The lowest BCUT2D eigenvalue weighted by molar-refractivity contribution is -0.385. The molecule has 0 saturated heterocycles. The number of nitro groups is 1. The smallest absolute Gasteiger partial charge is 0.311 e. The molecular weight excluding hydrogens is 222 g/mol. The number of hydrogen-bond acceptors (Lipinski definition) is 4. The van der Waals surface area contributed by atoms with E-state index in [0.29, 0.717) is 5.75 Å². The Labute approximate surface area is 97.0 Å². The molecular formula is C12H9NO4. The maximum Gasteiger partial charge on any atom is 0.311 e. The molecule has 0 saturated carbocycles. The standard InChI is InChI=1S/C12H9NO4/c14-9-4-3-5-10(8-9)17-12-7-2-1-6-11(12)13(15)16/h1-8,14H. The number of ether oxygens (including phenoxy) is 1. The Morgan fingerprint density at radius 3 is 2.59 bits per heavy atom. The fourth-order valence-corrected chi connectivity index (χ4v) is 1.37. The van der Waals surface area contributed by atoms with Gasteiger partial charge in [-0.1, -0.05) is 18.2 Å². The van der Waals surface area contributed by atoms with Gasteiger partial charge in [-0.3, -0.25) is 10.1 Å². The number of nitrogens with zero attached hydrogens (tertiary/aromatic N) is 1. The molecule has 0 aliphatic carbocycles. The van der Waals surface area contributed by atoms with Gasteiger partial charge in [0.1, 0.15) is 11.5 Å². The molecule has 2 aromatic carbocycles. The predicted octanol–water partition coefficient (Wildman–Crippen LogP) is 3.09. The normalized spacial score (nSPS) is 9.88. The highest BCUT2D eigenvalue weighted by atomic mass is 16.6. The maximum atomic E-state index is 10.8. The molecule has 2 rings (SSSR count). The molecule has 5 heteroatoms. The second kappa shape index (κ2) is 4.52. The zero-order valence-corrected chi connectivity index (χ0v) is 8.74. The van der Waals surface area contributed by atoms with E-state index in [9.17, 15) is 15.2 Å². The molecule has 0 spiro atoms. The van der Waals surface area contributed by atoms with E-state index < -0.39 is 4.92 Å². The van der Waals surface area contributed by atoms with Gasteiger partial charge in [-0.2, -0.15) is 0 Å². The van der Waals surface area contributed by atoms with Crippen LogP contribution in [0, 0.1) is 10.1 Å². The third-order valence-corrected chi connectivity index (χ3v) is 2.11. The molecule has 0 atom stereocenters. The molecule has 17 heavy (non-hydrogen) atoms. The fraction of sp³-hybridized carbons (Fsp3) is 0. The zero-order chi connectivity index (χ0) is 12.3. The summed E-state index contributed by atoms with van der Waals surface area (Å²) in [5, 5.41) is 20.0. The first-order valence-electron chi connectivity index (χ1n) is 4.87. The van der Waals surface area contributed by atoms with Gasteiger partial charge in [0.25, 0.3) is 0 Å². The lowest BCUT2D eigenvalue weighted by Crippen LogP contribution is -1.92. The third kappa shape index (κ3) is 2.52. The van der Waals surface area contributed by atoms with Gasteiger partial charge < -0.3 is 9.84 Å². The molecule has 1 N–H and O–H groups in total. The summed E-state index contributed by atoms with van der Waals surface area (Å²) in [4.78, 5) is 10.2. The van der Waals surface area contributed by atoms with Crippen LogP contribution in [0.4, 0.5) is 5.69 Å². The van der Waals surface area contributed by atoms with Gasteiger partial charge in [0.15, 0.2) is 0 Å². The van der Waals surface area contributed by atoms with Crippen molar-refractivity contribution in [3.05, 3.63) is 58.6 Å². The van der Waals surface area contributed by atoms with Crippen LogP contribution >= 0.6 is 0 Å². The van der Waals surface area contributed by atoms with Gasteiger partial charge in [0.2, 0.25) is 5.75 Å². The van der Waals surface area contributed by atoms with E-state index in [1.165, 1.54) is 24.3 Å². The second-order valence-electron chi connectivity index (χ2n) is 3.32. The summed E-state index contributed by atoms with van der Waals surface area (Å²) in [5.41, 5.74) is -0.115. The molecule has 0 aliphatic heterocycles. The SMILES string of the molecule is O=[N+]([O-])c1ccccc1Oc1cccc(O)c1. The number of aromatic hydroxyl groups is 1. The lowest BCUT2D eigenvalue weighted by atomic mass is 10.3. The number of nitro benzene ring substituents is 1. The highest BCUT2D eigenvalue weighted by Crippen LogP contribution is 2.31. The monoisotopic (exact) mass is 231 g/mol. The van der Waals surface area contributed by atoms with Crippen molar-refractivity contribution in [1.82, 2.24) is 0 Å². The molecule has 0 fully saturated rings. The van der Waals surface area contributed by atoms with Crippen LogP contribution in [0.1, 0.15) is 0 Å². The van der Waals surface area contributed by atoms with E-state index in [0.717, 1.165) is 0 Å². The molecule has 5 nitrogen and oxygen atoms in total. The van der Waals surface area contributed by atoms with Gasteiger partial charge in [-0.05, 0) is 18.2 Å². The molecule has 0 heterocycles.